The molecular formula is C13H23N7O. The third-order valence-electron chi connectivity index (χ3n) is 3.70. The van der Waals surface area contributed by atoms with Gasteiger partial charge in [0.05, 0.1) is 5.41 Å². The summed E-state index contributed by atoms with van der Waals surface area (Å²) in [6, 6.07) is 0. The number of carbonyl (C=O) groups is 1. The Balaban J connectivity index is 2.29. The Kier molecular flexibility index (Phi) is 4.15. The van der Waals surface area contributed by atoms with Crippen LogP contribution in [0.3, 0.4) is 0 Å². The molecule has 1 aliphatic rings. The van der Waals surface area contributed by atoms with E-state index in [1.807, 2.05) is 37.7 Å². The van der Waals surface area contributed by atoms with Crippen molar-refractivity contribution in [2.24, 2.45) is 11.1 Å². The number of primary amides is 1. The number of nitrogens with two attached hydrogens (primary N) is 1. The van der Waals surface area contributed by atoms with Gasteiger partial charge in [0.1, 0.15) is 0 Å². The molecule has 1 aromatic rings. The van der Waals surface area contributed by atoms with Crippen LogP contribution in [-0.4, -0.2) is 54.6 Å². The van der Waals surface area contributed by atoms with Gasteiger partial charge in [0.25, 0.3) is 0 Å². The van der Waals surface area contributed by atoms with E-state index in [-0.39, 0.29) is 5.91 Å². The van der Waals surface area contributed by atoms with Crippen molar-refractivity contribution < 1.29 is 4.79 Å². The van der Waals surface area contributed by atoms with Crippen LogP contribution in [0.1, 0.15) is 20.3 Å². The highest BCUT2D eigenvalue weighted by atomic mass is 16.1. The second-order valence-corrected chi connectivity index (χ2v) is 5.78. The predicted octanol–water partition coefficient (Wildman–Crippen LogP) is 0.0711. The van der Waals surface area contributed by atoms with Crippen LogP contribution in [0.15, 0.2) is 0 Å². The molecule has 1 fully saturated rings. The lowest BCUT2D eigenvalue weighted by atomic mass is 9.89. The van der Waals surface area contributed by atoms with Gasteiger partial charge in [-0.2, -0.15) is 15.0 Å². The van der Waals surface area contributed by atoms with Crippen molar-refractivity contribution in [2.75, 3.05) is 48.8 Å². The van der Waals surface area contributed by atoms with Crippen molar-refractivity contribution in [3.63, 3.8) is 0 Å². The number of hydrogen-bond acceptors (Lipinski definition) is 7. The first-order valence-corrected chi connectivity index (χ1v) is 7.08. The standard InChI is InChI=1S/C13H23N7O/c1-5-15-10-16-11(19(3)4)18-12(17-10)20-7-6-13(2,8-20)9(14)21/h5-8H2,1-4H3,(H2,14,21)(H,15,16,17,18). The van der Waals surface area contributed by atoms with Gasteiger partial charge in [0.2, 0.25) is 23.8 Å². The lowest BCUT2D eigenvalue weighted by Gasteiger charge is -2.22. The van der Waals surface area contributed by atoms with E-state index < -0.39 is 5.41 Å². The van der Waals surface area contributed by atoms with Crippen molar-refractivity contribution in [2.45, 2.75) is 20.3 Å². The second-order valence-electron chi connectivity index (χ2n) is 5.78. The number of rotatable bonds is 5. The summed E-state index contributed by atoms with van der Waals surface area (Å²) in [6.45, 7) is 5.84. The van der Waals surface area contributed by atoms with Gasteiger partial charge in [0, 0.05) is 33.7 Å². The minimum absolute atomic E-state index is 0.279. The highest BCUT2D eigenvalue weighted by molar-refractivity contribution is 5.81. The summed E-state index contributed by atoms with van der Waals surface area (Å²) in [7, 11) is 3.76. The molecule has 2 heterocycles. The van der Waals surface area contributed by atoms with Gasteiger partial charge in [-0.15, -0.1) is 0 Å². The van der Waals surface area contributed by atoms with Crippen LogP contribution in [0.5, 0.6) is 0 Å². The smallest absolute Gasteiger partial charge is 0.231 e. The van der Waals surface area contributed by atoms with Gasteiger partial charge < -0.3 is 20.9 Å². The van der Waals surface area contributed by atoms with Crippen LogP contribution in [0, 0.1) is 5.41 Å². The van der Waals surface area contributed by atoms with Gasteiger partial charge in [0.15, 0.2) is 0 Å². The molecule has 8 nitrogen and oxygen atoms in total. The SMILES string of the molecule is CCNc1nc(N(C)C)nc(N2CCC(C)(C(N)=O)C2)n1. The molecule has 8 heteroatoms. The van der Waals surface area contributed by atoms with Crippen LogP contribution in [0.2, 0.25) is 0 Å². The van der Waals surface area contributed by atoms with E-state index in [2.05, 4.69) is 20.3 Å². The number of aromatic nitrogens is 3. The third-order valence-corrected chi connectivity index (χ3v) is 3.70. The summed E-state index contributed by atoms with van der Waals surface area (Å²) in [5.41, 5.74) is 4.96. The molecule has 0 saturated carbocycles. The van der Waals surface area contributed by atoms with Crippen LogP contribution in [0.25, 0.3) is 0 Å². The van der Waals surface area contributed by atoms with E-state index in [0.717, 1.165) is 6.54 Å². The Morgan fingerprint density at radius 3 is 2.67 bits per heavy atom. The van der Waals surface area contributed by atoms with E-state index in [9.17, 15) is 4.79 Å². The van der Waals surface area contributed by atoms with Gasteiger partial charge in [-0.1, -0.05) is 0 Å². The average molecular weight is 293 g/mol. The molecule has 3 N–H and O–H groups in total. The normalized spacial score (nSPS) is 21.4. The van der Waals surface area contributed by atoms with Gasteiger partial charge >= 0.3 is 0 Å². The highest BCUT2D eigenvalue weighted by Crippen LogP contribution is 2.32. The van der Waals surface area contributed by atoms with E-state index in [1.54, 1.807) is 0 Å². The summed E-state index contributed by atoms with van der Waals surface area (Å²) in [5.74, 6) is 1.43. The molecule has 1 saturated heterocycles. The van der Waals surface area contributed by atoms with E-state index >= 15 is 0 Å². The molecule has 0 spiro atoms. The maximum atomic E-state index is 11.6. The molecule has 0 bridgehead atoms. The fourth-order valence-corrected chi connectivity index (χ4v) is 2.27. The summed E-state index contributed by atoms with van der Waals surface area (Å²) < 4.78 is 0. The summed E-state index contributed by atoms with van der Waals surface area (Å²) in [5, 5.41) is 3.10. The Morgan fingerprint density at radius 1 is 1.43 bits per heavy atom. The fourth-order valence-electron chi connectivity index (χ4n) is 2.27. The minimum Gasteiger partial charge on any atom is -0.369 e. The number of hydrogen-bond donors (Lipinski definition) is 2. The average Bonchev–Trinajstić information content (AvgIpc) is 2.83. The fraction of sp³-hybridized carbons (Fsp3) is 0.692. The van der Waals surface area contributed by atoms with E-state index in [0.29, 0.717) is 37.4 Å². The highest BCUT2D eigenvalue weighted by Gasteiger charge is 2.40. The number of nitrogens with zero attached hydrogens (tertiary/aromatic N) is 5. The first kappa shape index (κ1) is 15.3. The Morgan fingerprint density at radius 2 is 2.14 bits per heavy atom. The largest absolute Gasteiger partial charge is 0.369 e. The van der Waals surface area contributed by atoms with E-state index in [4.69, 9.17) is 5.73 Å². The molecule has 0 aliphatic carbocycles. The monoisotopic (exact) mass is 293 g/mol. The topological polar surface area (TPSA) is 100 Å². The summed E-state index contributed by atoms with van der Waals surface area (Å²) in [4.78, 5) is 28.6. The molecule has 2 rings (SSSR count). The van der Waals surface area contributed by atoms with Crippen LogP contribution in [0.4, 0.5) is 17.8 Å². The maximum absolute atomic E-state index is 11.6. The van der Waals surface area contributed by atoms with Gasteiger partial charge in [-0.3, -0.25) is 4.79 Å². The molecule has 0 radical (unpaired) electrons. The van der Waals surface area contributed by atoms with Crippen molar-refractivity contribution in [3.8, 4) is 0 Å². The number of anilines is 3. The Labute approximate surface area is 124 Å². The molecular weight excluding hydrogens is 270 g/mol. The zero-order valence-corrected chi connectivity index (χ0v) is 13.1. The zero-order valence-electron chi connectivity index (χ0n) is 13.1. The molecule has 0 aromatic carbocycles. The zero-order chi connectivity index (χ0) is 15.6. The first-order valence-electron chi connectivity index (χ1n) is 7.08. The number of amides is 1. The van der Waals surface area contributed by atoms with Crippen molar-refractivity contribution >= 4 is 23.8 Å². The molecule has 116 valence electrons. The van der Waals surface area contributed by atoms with Crippen molar-refractivity contribution in [3.05, 3.63) is 0 Å². The van der Waals surface area contributed by atoms with E-state index in [1.165, 1.54) is 0 Å². The van der Waals surface area contributed by atoms with Crippen molar-refractivity contribution in [1.82, 2.24) is 15.0 Å². The van der Waals surface area contributed by atoms with Gasteiger partial charge in [-0.05, 0) is 20.3 Å². The summed E-state index contributed by atoms with van der Waals surface area (Å²) >= 11 is 0. The molecule has 1 aliphatic heterocycles. The minimum atomic E-state index is -0.525. The number of carbonyl (C=O) groups excluding carboxylic acids is 1. The van der Waals surface area contributed by atoms with Gasteiger partial charge in [-0.25, -0.2) is 0 Å². The maximum Gasteiger partial charge on any atom is 0.231 e. The van der Waals surface area contributed by atoms with Crippen LogP contribution < -0.4 is 20.9 Å². The third kappa shape index (κ3) is 3.14. The molecule has 1 unspecified atom stereocenters. The van der Waals surface area contributed by atoms with Crippen molar-refractivity contribution in [1.29, 1.82) is 0 Å². The Bertz CT molecular complexity index is 533. The predicted molar refractivity (Wildman–Crippen MR) is 82.4 cm³/mol. The Hall–Kier alpha value is -2.12. The lowest BCUT2D eigenvalue weighted by Crippen LogP contribution is -2.37. The molecule has 1 atom stereocenters. The molecule has 1 aromatic heterocycles. The first-order chi connectivity index (χ1) is 9.85. The van der Waals surface area contributed by atoms with Crippen LogP contribution >= 0.6 is 0 Å². The number of nitrogens with one attached hydrogen (secondary N) is 1. The van der Waals surface area contributed by atoms with Crippen LogP contribution in [-0.2, 0) is 4.79 Å². The lowest BCUT2D eigenvalue weighted by molar-refractivity contribution is -0.125. The quantitative estimate of drug-likeness (QED) is 0.792. The molecule has 21 heavy (non-hydrogen) atoms. The molecule has 1 amide bonds. The summed E-state index contributed by atoms with van der Waals surface area (Å²) in [6.07, 6.45) is 0.710. The second kappa shape index (κ2) is 5.71.